The molecule has 3 rings (SSSR count). The highest BCUT2D eigenvalue weighted by atomic mass is 16.2. The molecule has 0 unspecified atom stereocenters. The minimum Gasteiger partial charge on any atom is -0.360 e. The highest BCUT2D eigenvalue weighted by Crippen LogP contribution is 2.28. The van der Waals surface area contributed by atoms with E-state index in [4.69, 9.17) is 0 Å². The van der Waals surface area contributed by atoms with E-state index in [2.05, 4.69) is 50.1 Å². The molecule has 1 saturated carbocycles. The first-order valence-electron chi connectivity index (χ1n) is 10.8. The van der Waals surface area contributed by atoms with Crippen molar-refractivity contribution in [2.75, 3.05) is 38.1 Å². The lowest BCUT2D eigenvalue weighted by molar-refractivity contribution is -0.120. The Bertz CT molecular complexity index is 637. The number of nitrogens with zero attached hydrogens (tertiary/aromatic N) is 2. The largest absolute Gasteiger partial charge is 0.360 e. The molecular weight excluding hydrogens is 350 g/mol. The minimum absolute atomic E-state index is 0.0927. The summed E-state index contributed by atoms with van der Waals surface area (Å²) in [4.78, 5) is 18.0. The Morgan fingerprint density at radius 1 is 1.18 bits per heavy atom. The van der Waals surface area contributed by atoms with Crippen molar-refractivity contribution in [2.45, 2.75) is 51.5 Å². The summed E-state index contributed by atoms with van der Waals surface area (Å²) in [6.07, 6.45) is 9.67. The summed E-state index contributed by atoms with van der Waals surface area (Å²) in [5.41, 5.74) is 2.30. The molecule has 1 aliphatic carbocycles. The van der Waals surface area contributed by atoms with Gasteiger partial charge in [0.2, 0.25) is 5.91 Å². The van der Waals surface area contributed by atoms with Gasteiger partial charge in [-0.3, -0.25) is 9.79 Å². The van der Waals surface area contributed by atoms with Gasteiger partial charge in [-0.15, -0.1) is 0 Å². The minimum atomic E-state index is 0.0927. The highest BCUT2D eigenvalue weighted by Gasteiger charge is 2.16. The number of anilines is 1. The number of nitrogens with one attached hydrogen (secondary N) is 3. The topological polar surface area (TPSA) is 68.8 Å². The lowest BCUT2D eigenvalue weighted by Crippen LogP contribution is -2.47. The quantitative estimate of drug-likeness (QED) is 0.366. The van der Waals surface area contributed by atoms with Gasteiger partial charge in [-0.05, 0) is 30.0 Å². The van der Waals surface area contributed by atoms with E-state index in [1.165, 1.54) is 50.5 Å². The van der Waals surface area contributed by atoms with Crippen molar-refractivity contribution in [3.05, 3.63) is 29.8 Å². The lowest BCUT2D eigenvalue weighted by Gasteiger charge is -2.28. The monoisotopic (exact) mass is 385 g/mol. The maximum absolute atomic E-state index is 11.5. The first-order valence-corrected chi connectivity index (χ1v) is 10.8. The number of amides is 1. The van der Waals surface area contributed by atoms with Crippen molar-refractivity contribution in [3.8, 4) is 0 Å². The molecule has 0 bridgehead atoms. The Labute approximate surface area is 169 Å². The average Bonchev–Trinajstić information content (AvgIpc) is 3.24. The summed E-state index contributed by atoms with van der Waals surface area (Å²) in [6, 6.07) is 8.41. The Kier molecular flexibility index (Phi) is 8.00. The molecule has 0 aromatic heterocycles. The summed E-state index contributed by atoms with van der Waals surface area (Å²) in [5, 5.41) is 9.66. The number of carbonyl (C=O) groups excluding carboxylic acids is 1. The van der Waals surface area contributed by atoms with E-state index >= 15 is 0 Å². The van der Waals surface area contributed by atoms with Gasteiger partial charge in [0.1, 0.15) is 0 Å². The number of piperazine rings is 1. The van der Waals surface area contributed by atoms with E-state index in [1.807, 2.05) is 7.05 Å². The maximum Gasteiger partial charge on any atom is 0.239 e. The highest BCUT2D eigenvalue weighted by molar-refractivity contribution is 5.82. The molecule has 6 nitrogen and oxygen atoms in total. The van der Waals surface area contributed by atoms with E-state index in [-0.39, 0.29) is 5.91 Å². The Balaban J connectivity index is 1.34. The van der Waals surface area contributed by atoms with E-state index in [1.54, 1.807) is 0 Å². The number of hydrogen-bond donors (Lipinski definition) is 3. The van der Waals surface area contributed by atoms with Gasteiger partial charge in [0.05, 0.1) is 6.54 Å². The van der Waals surface area contributed by atoms with E-state index < -0.39 is 0 Å². The number of hydrogen-bond acceptors (Lipinski definition) is 3. The third kappa shape index (κ3) is 6.43. The summed E-state index contributed by atoms with van der Waals surface area (Å²) in [5.74, 6) is 1.94. The van der Waals surface area contributed by atoms with Crippen molar-refractivity contribution < 1.29 is 4.79 Å². The summed E-state index contributed by atoms with van der Waals surface area (Å²) in [7, 11) is 1.82. The van der Waals surface area contributed by atoms with E-state index in [0.717, 1.165) is 37.2 Å². The molecule has 28 heavy (non-hydrogen) atoms. The lowest BCUT2D eigenvalue weighted by atomic mass is 10.0. The van der Waals surface area contributed by atoms with Gasteiger partial charge >= 0.3 is 0 Å². The summed E-state index contributed by atoms with van der Waals surface area (Å²) >= 11 is 0. The molecule has 2 aliphatic rings. The van der Waals surface area contributed by atoms with Crippen LogP contribution in [0, 0.1) is 5.92 Å². The third-order valence-electron chi connectivity index (χ3n) is 5.83. The molecule has 1 saturated heterocycles. The van der Waals surface area contributed by atoms with Crippen LogP contribution in [-0.2, 0) is 11.3 Å². The van der Waals surface area contributed by atoms with Crippen LogP contribution in [0.4, 0.5) is 5.69 Å². The first kappa shape index (κ1) is 20.5. The van der Waals surface area contributed by atoms with Gasteiger partial charge in [-0.25, -0.2) is 0 Å². The number of guanidine groups is 1. The van der Waals surface area contributed by atoms with Crippen LogP contribution in [-0.4, -0.2) is 45.1 Å². The Hall–Kier alpha value is -2.24. The fraction of sp³-hybridized carbons (Fsp3) is 0.636. The molecule has 1 heterocycles. The first-order chi connectivity index (χ1) is 13.7. The van der Waals surface area contributed by atoms with Gasteiger partial charge in [0.25, 0.3) is 0 Å². The second-order valence-electron chi connectivity index (χ2n) is 7.94. The van der Waals surface area contributed by atoms with Crippen molar-refractivity contribution in [3.63, 3.8) is 0 Å². The van der Waals surface area contributed by atoms with Gasteiger partial charge in [-0.1, -0.05) is 50.7 Å². The predicted octanol–water partition coefficient (Wildman–Crippen LogP) is 2.65. The normalized spacial score (nSPS) is 18.2. The maximum atomic E-state index is 11.5. The molecule has 3 N–H and O–H groups in total. The molecule has 1 aromatic carbocycles. The smallest absolute Gasteiger partial charge is 0.239 e. The third-order valence-corrected chi connectivity index (χ3v) is 5.83. The molecule has 0 spiro atoms. The average molecular weight is 386 g/mol. The van der Waals surface area contributed by atoms with Crippen LogP contribution in [0.25, 0.3) is 0 Å². The zero-order chi connectivity index (χ0) is 19.6. The molecule has 6 heteroatoms. The van der Waals surface area contributed by atoms with Crippen LogP contribution in [0.3, 0.4) is 0 Å². The van der Waals surface area contributed by atoms with E-state index in [0.29, 0.717) is 13.1 Å². The molecular formula is C22H35N5O. The van der Waals surface area contributed by atoms with Gasteiger partial charge in [-0.2, -0.15) is 0 Å². The Morgan fingerprint density at radius 3 is 2.68 bits per heavy atom. The number of benzene rings is 1. The van der Waals surface area contributed by atoms with E-state index in [9.17, 15) is 4.79 Å². The zero-order valence-corrected chi connectivity index (χ0v) is 17.2. The van der Waals surface area contributed by atoms with Crippen molar-refractivity contribution in [2.24, 2.45) is 10.9 Å². The fourth-order valence-corrected chi connectivity index (χ4v) is 4.15. The fourth-order valence-electron chi connectivity index (χ4n) is 4.15. The van der Waals surface area contributed by atoms with Crippen molar-refractivity contribution in [1.82, 2.24) is 16.0 Å². The predicted molar refractivity (Wildman–Crippen MR) is 116 cm³/mol. The molecule has 1 amide bonds. The van der Waals surface area contributed by atoms with Crippen LogP contribution in [0.15, 0.2) is 29.3 Å². The molecule has 154 valence electrons. The zero-order valence-electron chi connectivity index (χ0n) is 17.2. The van der Waals surface area contributed by atoms with Crippen LogP contribution in [0.2, 0.25) is 0 Å². The standard InChI is InChI=1S/C22H35N5O/c1-23-22(25-13-5-4-8-18-6-2-3-7-18)26-16-19-9-11-20(12-10-19)27-15-14-24-21(28)17-27/h9-12,18H,2-8,13-17H2,1H3,(H,24,28)(H2,23,25,26). The van der Waals surface area contributed by atoms with Crippen LogP contribution >= 0.6 is 0 Å². The molecule has 1 aromatic rings. The van der Waals surface area contributed by atoms with Gasteiger partial charge < -0.3 is 20.9 Å². The van der Waals surface area contributed by atoms with Gasteiger partial charge in [0.15, 0.2) is 5.96 Å². The SMILES string of the molecule is CN=C(NCCCCC1CCCC1)NCc1ccc(N2CCNC(=O)C2)cc1. The van der Waals surface area contributed by atoms with Crippen molar-refractivity contribution >= 4 is 17.6 Å². The van der Waals surface area contributed by atoms with Crippen LogP contribution < -0.4 is 20.9 Å². The second kappa shape index (κ2) is 10.9. The molecule has 0 atom stereocenters. The number of rotatable bonds is 8. The Morgan fingerprint density at radius 2 is 1.96 bits per heavy atom. The molecule has 1 aliphatic heterocycles. The number of aliphatic imine (C=N–C) groups is 1. The number of carbonyl (C=O) groups is 1. The van der Waals surface area contributed by atoms with Crippen LogP contribution in [0.5, 0.6) is 0 Å². The van der Waals surface area contributed by atoms with Crippen molar-refractivity contribution in [1.29, 1.82) is 0 Å². The van der Waals surface area contributed by atoms with Gasteiger partial charge in [0, 0.05) is 38.9 Å². The molecule has 0 radical (unpaired) electrons. The second-order valence-corrected chi connectivity index (χ2v) is 7.94. The summed E-state index contributed by atoms with van der Waals surface area (Å²) in [6.45, 7) is 3.73. The summed E-state index contributed by atoms with van der Waals surface area (Å²) < 4.78 is 0. The molecule has 2 fully saturated rings. The van der Waals surface area contributed by atoms with Crippen LogP contribution in [0.1, 0.15) is 50.5 Å². The number of unbranched alkanes of at least 4 members (excludes halogenated alkanes) is 1.